The highest BCUT2D eigenvalue weighted by molar-refractivity contribution is 7.99. The molecule has 8 heteroatoms. The Balaban J connectivity index is 1.40. The van der Waals surface area contributed by atoms with Crippen LogP contribution in [0.1, 0.15) is 0 Å². The Hall–Kier alpha value is -2.90. The number of nitrogens with one attached hydrogen (secondary N) is 1. The van der Waals surface area contributed by atoms with Crippen LogP contribution in [0.5, 0.6) is 0 Å². The van der Waals surface area contributed by atoms with E-state index < -0.39 is 0 Å². The van der Waals surface area contributed by atoms with Gasteiger partial charge in [-0.2, -0.15) is 0 Å². The van der Waals surface area contributed by atoms with E-state index in [1.165, 1.54) is 6.20 Å². The minimum Gasteiger partial charge on any atom is -0.411 e. The molecule has 0 bridgehead atoms. The summed E-state index contributed by atoms with van der Waals surface area (Å²) in [5.74, 6) is 0.764. The number of aromatic nitrogens is 3. The third kappa shape index (κ3) is 4.27. The van der Waals surface area contributed by atoms with Crippen molar-refractivity contribution >= 4 is 45.9 Å². The van der Waals surface area contributed by atoms with Crippen molar-refractivity contribution in [3.8, 4) is 11.5 Å². The molecular formula is C19H13ClN4O2S. The van der Waals surface area contributed by atoms with Gasteiger partial charge < -0.3 is 9.73 Å². The van der Waals surface area contributed by atoms with Crippen LogP contribution in [0.2, 0.25) is 5.02 Å². The summed E-state index contributed by atoms with van der Waals surface area (Å²) < 4.78 is 5.66. The minimum absolute atomic E-state index is 0.129. The number of rotatable bonds is 5. The highest BCUT2D eigenvalue weighted by Crippen LogP contribution is 2.26. The Bertz CT molecular complexity index is 1100. The lowest BCUT2D eigenvalue weighted by molar-refractivity contribution is -0.113. The molecule has 0 atom stereocenters. The number of nitrogens with zero attached hydrogens (tertiary/aromatic N) is 3. The molecule has 0 saturated heterocycles. The molecule has 1 N–H and O–H groups in total. The van der Waals surface area contributed by atoms with E-state index in [0.29, 0.717) is 22.0 Å². The molecule has 2 aromatic heterocycles. The number of hydrogen-bond acceptors (Lipinski definition) is 6. The lowest BCUT2D eigenvalue weighted by Crippen LogP contribution is -2.14. The standard InChI is InChI=1S/C19H13ClN4O2S/c20-15-7-8-16(21-10-15)22-17(25)11-27-19-24-23-18(26-19)14-6-5-12-3-1-2-4-13(12)9-14/h1-10H,11H2,(H,21,22,25). The minimum atomic E-state index is -0.222. The van der Waals surface area contributed by atoms with Gasteiger partial charge in [0.15, 0.2) is 0 Å². The van der Waals surface area contributed by atoms with Crippen molar-refractivity contribution in [1.29, 1.82) is 0 Å². The zero-order valence-corrected chi connectivity index (χ0v) is 15.5. The van der Waals surface area contributed by atoms with Gasteiger partial charge in [0.05, 0.1) is 10.8 Å². The average Bonchev–Trinajstić information content (AvgIpc) is 3.17. The molecule has 0 aliphatic rings. The second kappa shape index (κ2) is 7.77. The fourth-order valence-electron chi connectivity index (χ4n) is 2.46. The molecule has 0 aliphatic heterocycles. The van der Waals surface area contributed by atoms with E-state index in [0.717, 1.165) is 28.1 Å². The molecule has 134 valence electrons. The van der Waals surface area contributed by atoms with Gasteiger partial charge in [-0.05, 0) is 35.0 Å². The summed E-state index contributed by atoms with van der Waals surface area (Å²) >= 11 is 6.93. The summed E-state index contributed by atoms with van der Waals surface area (Å²) in [5.41, 5.74) is 0.836. The van der Waals surface area contributed by atoms with Gasteiger partial charge in [-0.25, -0.2) is 4.98 Å². The molecule has 2 heterocycles. The van der Waals surface area contributed by atoms with Crippen LogP contribution >= 0.6 is 23.4 Å². The smallest absolute Gasteiger partial charge is 0.277 e. The molecular weight excluding hydrogens is 384 g/mol. The first kappa shape index (κ1) is 17.5. The summed E-state index contributed by atoms with van der Waals surface area (Å²) in [6.45, 7) is 0. The average molecular weight is 397 g/mol. The highest BCUT2D eigenvalue weighted by atomic mass is 35.5. The van der Waals surface area contributed by atoms with E-state index in [1.807, 2.05) is 42.5 Å². The van der Waals surface area contributed by atoms with E-state index >= 15 is 0 Å². The van der Waals surface area contributed by atoms with Gasteiger partial charge in [0, 0.05) is 11.8 Å². The van der Waals surface area contributed by atoms with Gasteiger partial charge in [-0.15, -0.1) is 10.2 Å². The maximum atomic E-state index is 12.0. The summed E-state index contributed by atoms with van der Waals surface area (Å²) in [5, 5.41) is 13.8. The van der Waals surface area contributed by atoms with Crippen LogP contribution in [0.25, 0.3) is 22.2 Å². The molecule has 0 saturated carbocycles. The van der Waals surface area contributed by atoms with Crippen LogP contribution in [0.4, 0.5) is 5.82 Å². The van der Waals surface area contributed by atoms with E-state index in [9.17, 15) is 4.79 Å². The predicted molar refractivity (Wildman–Crippen MR) is 106 cm³/mol. The normalized spacial score (nSPS) is 10.9. The van der Waals surface area contributed by atoms with Crippen molar-refractivity contribution in [3.05, 3.63) is 65.8 Å². The number of hydrogen-bond donors (Lipinski definition) is 1. The monoisotopic (exact) mass is 396 g/mol. The molecule has 1 amide bonds. The first-order valence-electron chi connectivity index (χ1n) is 8.04. The van der Waals surface area contributed by atoms with Gasteiger partial charge in [0.1, 0.15) is 5.82 Å². The maximum absolute atomic E-state index is 12.0. The van der Waals surface area contributed by atoms with Crippen LogP contribution in [0.3, 0.4) is 0 Å². The van der Waals surface area contributed by atoms with Gasteiger partial charge in [-0.1, -0.05) is 53.7 Å². The lowest BCUT2D eigenvalue weighted by Gasteiger charge is -2.02. The highest BCUT2D eigenvalue weighted by Gasteiger charge is 2.12. The van der Waals surface area contributed by atoms with Crippen molar-refractivity contribution in [2.24, 2.45) is 0 Å². The number of carbonyl (C=O) groups excluding carboxylic acids is 1. The summed E-state index contributed by atoms with van der Waals surface area (Å²) in [6.07, 6.45) is 1.47. The van der Waals surface area contributed by atoms with Gasteiger partial charge >= 0.3 is 0 Å². The van der Waals surface area contributed by atoms with Crippen LogP contribution in [-0.2, 0) is 4.79 Å². The van der Waals surface area contributed by atoms with Crippen molar-refractivity contribution in [2.75, 3.05) is 11.1 Å². The Kier molecular flexibility index (Phi) is 5.04. The van der Waals surface area contributed by atoms with Crippen molar-refractivity contribution < 1.29 is 9.21 Å². The zero-order chi connectivity index (χ0) is 18.6. The number of thioether (sulfide) groups is 1. The summed E-state index contributed by atoms with van der Waals surface area (Å²) in [4.78, 5) is 16.0. The van der Waals surface area contributed by atoms with Crippen LogP contribution in [-0.4, -0.2) is 26.8 Å². The zero-order valence-electron chi connectivity index (χ0n) is 13.9. The molecule has 2 aromatic carbocycles. The van der Waals surface area contributed by atoms with Crippen molar-refractivity contribution in [1.82, 2.24) is 15.2 Å². The van der Waals surface area contributed by atoms with E-state index in [2.05, 4.69) is 20.5 Å². The Morgan fingerprint density at radius 1 is 1.07 bits per heavy atom. The quantitative estimate of drug-likeness (QED) is 0.494. The van der Waals surface area contributed by atoms with Crippen LogP contribution in [0, 0.1) is 0 Å². The number of halogens is 1. The first-order valence-corrected chi connectivity index (χ1v) is 9.41. The largest absolute Gasteiger partial charge is 0.411 e. The Morgan fingerprint density at radius 2 is 1.93 bits per heavy atom. The second-order valence-electron chi connectivity index (χ2n) is 5.63. The third-order valence-corrected chi connectivity index (χ3v) is 4.77. The molecule has 0 radical (unpaired) electrons. The van der Waals surface area contributed by atoms with Gasteiger partial charge in [0.25, 0.3) is 5.22 Å². The molecule has 27 heavy (non-hydrogen) atoms. The molecule has 4 aromatic rings. The number of amides is 1. The molecule has 4 rings (SSSR count). The maximum Gasteiger partial charge on any atom is 0.277 e. The Morgan fingerprint density at radius 3 is 2.74 bits per heavy atom. The number of pyridine rings is 1. The number of carbonyl (C=O) groups is 1. The SMILES string of the molecule is O=C(CSc1nnc(-c2ccc3ccccc3c2)o1)Nc1ccc(Cl)cn1. The summed E-state index contributed by atoms with van der Waals surface area (Å²) in [7, 11) is 0. The lowest BCUT2D eigenvalue weighted by atomic mass is 10.1. The van der Waals surface area contributed by atoms with Gasteiger partial charge in [0.2, 0.25) is 11.8 Å². The van der Waals surface area contributed by atoms with E-state index in [-0.39, 0.29) is 11.7 Å². The fraction of sp³-hybridized carbons (Fsp3) is 0.0526. The molecule has 0 fully saturated rings. The van der Waals surface area contributed by atoms with Crippen molar-refractivity contribution in [3.63, 3.8) is 0 Å². The first-order chi connectivity index (χ1) is 13.2. The second-order valence-corrected chi connectivity index (χ2v) is 7.00. The van der Waals surface area contributed by atoms with Gasteiger partial charge in [-0.3, -0.25) is 4.79 Å². The Labute approximate surface area is 164 Å². The number of benzene rings is 2. The van der Waals surface area contributed by atoms with E-state index in [4.69, 9.17) is 16.0 Å². The van der Waals surface area contributed by atoms with Crippen molar-refractivity contribution in [2.45, 2.75) is 5.22 Å². The fourth-order valence-corrected chi connectivity index (χ4v) is 3.14. The third-order valence-electron chi connectivity index (χ3n) is 3.72. The predicted octanol–water partition coefficient (Wildman–Crippen LogP) is 4.67. The molecule has 0 spiro atoms. The number of anilines is 1. The number of fused-ring (bicyclic) bond motifs is 1. The molecule has 0 aliphatic carbocycles. The van der Waals surface area contributed by atoms with E-state index in [1.54, 1.807) is 12.1 Å². The summed E-state index contributed by atoms with van der Waals surface area (Å²) in [6, 6.07) is 17.3. The van der Waals surface area contributed by atoms with Crippen LogP contribution in [0.15, 0.2) is 70.4 Å². The molecule has 0 unspecified atom stereocenters. The topological polar surface area (TPSA) is 80.9 Å². The molecule has 6 nitrogen and oxygen atoms in total. The van der Waals surface area contributed by atoms with Crippen LogP contribution < -0.4 is 5.32 Å².